The van der Waals surface area contributed by atoms with E-state index in [1.807, 2.05) is 42.5 Å². The SMILES string of the molecule is CC(C)c1c(-c2ccccc2)c(-c2ccccc2)c(O)c2ccccc12. The normalized spacial score (nSPS) is 11.2. The van der Waals surface area contributed by atoms with Gasteiger partial charge in [-0.15, -0.1) is 0 Å². The molecule has 26 heavy (non-hydrogen) atoms. The van der Waals surface area contributed by atoms with E-state index in [0.29, 0.717) is 11.7 Å². The zero-order chi connectivity index (χ0) is 18.1. The van der Waals surface area contributed by atoms with Crippen LogP contribution in [0.5, 0.6) is 5.75 Å². The van der Waals surface area contributed by atoms with Gasteiger partial charge in [-0.05, 0) is 33.6 Å². The second-order valence-corrected chi connectivity index (χ2v) is 6.94. The summed E-state index contributed by atoms with van der Waals surface area (Å²) in [4.78, 5) is 0. The van der Waals surface area contributed by atoms with Crippen molar-refractivity contribution in [2.24, 2.45) is 0 Å². The van der Waals surface area contributed by atoms with E-state index in [0.717, 1.165) is 33.0 Å². The lowest BCUT2D eigenvalue weighted by Crippen LogP contribution is -1.99. The van der Waals surface area contributed by atoms with Crippen LogP contribution in [0, 0.1) is 0 Å². The van der Waals surface area contributed by atoms with Gasteiger partial charge in [0.25, 0.3) is 0 Å². The van der Waals surface area contributed by atoms with Crippen LogP contribution in [0.2, 0.25) is 0 Å². The summed E-state index contributed by atoms with van der Waals surface area (Å²) >= 11 is 0. The van der Waals surface area contributed by atoms with E-state index in [4.69, 9.17) is 0 Å². The molecule has 0 saturated carbocycles. The molecule has 128 valence electrons. The van der Waals surface area contributed by atoms with Crippen molar-refractivity contribution in [2.45, 2.75) is 19.8 Å². The number of hydrogen-bond acceptors (Lipinski definition) is 1. The van der Waals surface area contributed by atoms with E-state index in [9.17, 15) is 5.11 Å². The minimum absolute atomic E-state index is 0.332. The number of benzene rings is 4. The topological polar surface area (TPSA) is 20.2 Å². The van der Waals surface area contributed by atoms with Crippen molar-refractivity contribution in [3.05, 3.63) is 90.5 Å². The van der Waals surface area contributed by atoms with Crippen LogP contribution in [0.25, 0.3) is 33.0 Å². The van der Waals surface area contributed by atoms with Gasteiger partial charge < -0.3 is 5.11 Å². The average Bonchev–Trinajstić information content (AvgIpc) is 2.69. The van der Waals surface area contributed by atoms with E-state index in [1.54, 1.807) is 0 Å². The predicted octanol–water partition coefficient (Wildman–Crippen LogP) is 7.00. The first kappa shape index (κ1) is 16.4. The van der Waals surface area contributed by atoms with E-state index in [2.05, 4.69) is 56.3 Å². The molecule has 0 heterocycles. The van der Waals surface area contributed by atoms with Crippen molar-refractivity contribution in [3.8, 4) is 28.0 Å². The Morgan fingerprint density at radius 3 is 1.58 bits per heavy atom. The largest absolute Gasteiger partial charge is 0.507 e. The molecule has 0 fully saturated rings. The monoisotopic (exact) mass is 338 g/mol. The first-order chi connectivity index (χ1) is 12.7. The van der Waals surface area contributed by atoms with Crippen molar-refractivity contribution in [2.75, 3.05) is 0 Å². The van der Waals surface area contributed by atoms with Gasteiger partial charge in [-0.2, -0.15) is 0 Å². The number of phenolic OH excluding ortho intramolecular Hbond substituents is 1. The highest BCUT2D eigenvalue weighted by Crippen LogP contribution is 2.48. The number of aromatic hydroxyl groups is 1. The Kier molecular flexibility index (Phi) is 4.22. The summed E-state index contributed by atoms with van der Waals surface area (Å²) in [5.41, 5.74) is 5.50. The summed E-state index contributed by atoms with van der Waals surface area (Å²) in [7, 11) is 0. The Morgan fingerprint density at radius 2 is 1.04 bits per heavy atom. The molecule has 4 aromatic carbocycles. The van der Waals surface area contributed by atoms with Crippen molar-refractivity contribution in [1.29, 1.82) is 0 Å². The predicted molar refractivity (Wildman–Crippen MR) is 111 cm³/mol. The first-order valence-corrected chi connectivity index (χ1v) is 9.07. The fraction of sp³-hybridized carbons (Fsp3) is 0.120. The maximum atomic E-state index is 11.3. The maximum Gasteiger partial charge on any atom is 0.131 e. The molecule has 0 aliphatic carbocycles. The van der Waals surface area contributed by atoms with Gasteiger partial charge in [0.05, 0.1) is 0 Å². The highest BCUT2D eigenvalue weighted by Gasteiger charge is 2.22. The standard InChI is InChI=1S/C25H22O/c1-17(2)22-20-15-9-10-16-21(20)25(26)24(19-13-7-4-8-14-19)23(22)18-11-5-3-6-12-18/h3-17,26H,1-2H3. The molecule has 0 saturated heterocycles. The number of fused-ring (bicyclic) bond motifs is 1. The highest BCUT2D eigenvalue weighted by molar-refractivity contribution is 6.05. The van der Waals surface area contributed by atoms with Crippen LogP contribution in [0.1, 0.15) is 25.3 Å². The molecular weight excluding hydrogens is 316 g/mol. The van der Waals surface area contributed by atoms with Crippen LogP contribution in [0.15, 0.2) is 84.9 Å². The van der Waals surface area contributed by atoms with Crippen molar-refractivity contribution in [3.63, 3.8) is 0 Å². The second kappa shape index (κ2) is 6.68. The molecule has 0 atom stereocenters. The Bertz CT molecular complexity index is 1050. The molecule has 4 aromatic rings. The smallest absolute Gasteiger partial charge is 0.131 e. The lowest BCUT2D eigenvalue weighted by atomic mass is 9.82. The summed E-state index contributed by atoms with van der Waals surface area (Å²) in [5, 5.41) is 13.3. The maximum absolute atomic E-state index is 11.3. The van der Waals surface area contributed by atoms with Gasteiger partial charge >= 0.3 is 0 Å². The first-order valence-electron chi connectivity index (χ1n) is 9.07. The molecule has 0 unspecified atom stereocenters. The van der Waals surface area contributed by atoms with E-state index >= 15 is 0 Å². The molecule has 0 amide bonds. The van der Waals surface area contributed by atoms with Crippen molar-refractivity contribution >= 4 is 10.8 Å². The third-order valence-corrected chi connectivity index (χ3v) is 4.93. The van der Waals surface area contributed by atoms with Crippen LogP contribution in [0.4, 0.5) is 0 Å². The minimum atomic E-state index is 0.332. The Morgan fingerprint density at radius 1 is 0.577 bits per heavy atom. The summed E-state index contributed by atoms with van der Waals surface area (Å²) in [6.07, 6.45) is 0. The number of rotatable bonds is 3. The average molecular weight is 338 g/mol. The van der Waals surface area contributed by atoms with Crippen molar-refractivity contribution < 1.29 is 5.11 Å². The molecule has 4 rings (SSSR count). The number of hydrogen-bond donors (Lipinski definition) is 1. The van der Waals surface area contributed by atoms with Crippen LogP contribution in [0.3, 0.4) is 0 Å². The van der Waals surface area contributed by atoms with Gasteiger partial charge in [0, 0.05) is 10.9 Å². The molecule has 0 radical (unpaired) electrons. The van der Waals surface area contributed by atoms with Gasteiger partial charge in [-0.1, -0.05) is 98.8 Å². The van der Waals surface area contributed by atoms with Gasteiger partial charge in [0.15, 0.2) is 0 Å². The molecular formula is C25H22O. The van der Waals surface area contributed by atoms with Crippen LogP contribution in [-0.2, 0) is 0 Å². The summed E-state index contributed by atoms with van der Waals surface area (Å²) < 4.78 is 0. The summed E-state index contributed by atoms with van der Waals surface area (Å²) in [6, 6.07) is 28.7. The van der Waals surface area contributed by atoms with E-state index in [1.165, 1.54) is 5.56 Å². The fourth-order valence-electron chi connectivity index (χ4n) is 3.84. The molecule has 0 bridgehead atoms. The molecule has 1 N–H and O–H groups in total. The molecule has 0 aromatic heterocycles. The van der Waals surface area contributed by atoms with E-state index < -0.39 is 0 Å². The summed E-state index contributed by atoms with van der Waals surface area (Å²) in [5.74, 6) is 0.688. The van der Waals surface area contributed by atoms with Crippen molar-refractivity contribution in [1.82, 2.24) is 0 Å². The zero-order valence-corrected chi connectivity index (χ0v) is 15.1. The lowest BCUT2D eigenvalue weighted by molar-refractivity contribution is 0.483. The third-order valence-electron chi connectivity index (χ3n) is 4.93. The van der Waals surface area contributed by atoms with Gasteiger partial charge in [0.1, 0.15) is 5.75 Å². The number of phenols is 1. The lowest BCUT2D eigenvalue weighted by Gasteiger charge is -2.22. The fourth-order valence-corrected chi connectivity index (χ4v) is 3.84. The quantitative estimate of drug-likeness (QED) is 0.426. The second-order valence-electron chi connectivity index (χ2n) is 6.94. The molecule has 1 heteroatoms. The Balaban J connectivity index is 2.23. The molecule has 0 aliphatic rings. The Hall–Kier alpha value is -3.06. The minimum Gasteiger partial charge on any atom is -0.507 e. The zero-order valence-electron chi connectivity index (χ0n) is 15.1. The molecule has 0 spiro atoms. The van der Waals surface area contributed by atoms with Gasteiger partial charge in [-0.3, -0.25) is 0 Å². The van der Waals surface area contributed by atoms with E-state index in [-0.39, 0.29) is 0 Å². The van der Waals surface area contributed by atoms with Crippen LogP contribution in [-0.4, -0.2) is 5.11 Å². The van der Waals surface area contributed by atoms with Crippen LogP contribution < -0.4 is 0 Å². The molecule has 0 aliphatic heterocycles. The van der Waals surface area contributed by atoms with Gasteiger partial charge in [-0.25, -0.2) is 0 Å². The highest BCUT2D eigenvalue weighted by atomic mass is 16.3. The summed E-state index contributed by atoms with van der Waals surface area (Å²) in [6.45, 7) is 4.44. The molecule has 1 nitrogen and oxygen atoms in total. The van der Waals surface area contributed by atoms with Crippen LogP contribution >= 0.6 is 0 Å². The Labute approximate surface area is 154 Å². The van der Waals surface area contributed by atoms with Gasteiger partial charge in [0.2, 0.25) is 0 Å². The third kappa shape index (κ3) is 2.66.